The van der Waals surface area contributed by atoms with Gasteiger partial charge in [0.05, 0.1) is 21.4 Å². The van der Waals surface area contributed by atoms with E-state index in [0.717, 1.165) is 36.9 Å². The van der Waals surface area contributed by atoms with Crippen LogP contribution in [0.15, 0.2) is 79.0 Å². The van der Waals surface area contributed by atoms with Gasteiger partial charge in [0.25, 0.3) is 0 Å². The Morgan fingerprint density at radius 1 is 0.488 bits per heavy atom. The predicted molar refractivity (Wildman–Crippen MR) is 181 cm³/mol. The highest BCUT2D eigenvalue weighted by molar-refractivity contribution is 6.17. The number of aromatic nitrogens is 1. The van der Waals surface area contributed by atoms with Crippen LogP contribution in [0, 0.1) is 0 Å². The molecule has 0 bridgehead atoms. The van der Waals surface area contributed by atoms with Crippen LogP contribution in [-0.4, -0.2) is 20.7 Å². The normalized spacial score (nSPS) is 21.4. The Bertz CT molecular complexity index is 1650. The largest absolute Gasteiger partial charge is 0.256 e. The number of fused-ring (bicyclic) bond motifs is 5. The van der Waals surface area contributed by atoms with E-state index in [4.69, 9.17) is 20.7 Å². The quantitative estimate of drug-likeness (QED) is 0.228. The summed E-state index contributed by atoms with van der Waals surface area (Å²) in [6.07, 6.45) is 18.8. The molecule has 3 heteroatoms. The van der Waals surface area contributed by atoms with Crippen molar-refractivity contribution in [1.29, 1.82) is 0 Å². The SMILES string of the molecule is [B]C1(c2ccc3c(c2)C2(CCCC2)c2cc(-c4cc(-c5ccccc5)ncc4C4([B])CCCCC4)ccc2-3)CCCCC1. The van der Waals surface area contributed by atoms with Crippen LogP contribution in [-0.2, 0) is 16.0 Å². The summed E-state index contributed by atoms with van der Waals surface area (Å²) in [5.41, 5.74) is 13.3. The van der Waals surface area contributed by atoms with Crippen LogP contribution in [0.25, 0.3) is 33.5 Å². The van der Waals surface area contributed by atoms with Gasteiger partial charge in [0.2, 0.25) is 0 Å². The van der Waals surface area contributed by atoms with E-state index in [9.17, 15) is 0 Å². The number of benzene rings is 3. The van der Waals surface area contributed by atoms with E-state index in [1.807, 2.05) is 0 Å². The fourth-order valence-corrected chi connectivity index (χ4v) is 9.27. The molecule has 0 aliphatic heterocycles. The van der Waals surface area contributed by atoms with Gasteiger partial charge in [-0.2, -0.15) is 0 Å². The lowest BCUT2D eigenvalue weighted by molar-refractivity contribution is 0.397. The van der Waals surface area contributed by atoms with Crippen molar-refractivity contribution in [3.05, 3.63) is 101 Å². The first-order chi connectivity index (χ1) is 21.0. The molecule has 4 aliphatic rings. The molecule has 1 nitrogen and oxygen atoms in total. The zero-order chi connectivity index (χ0) is 29.1. The molecule has 3 aromatic carbocycles. The summed E-state index contributed by atoms with van der Waals surface area (Å²) in [6.45, 7) is 0. The maximum atomic E-state index is 7.25. The summed E-state index contributed by atoms with van der Waals surface area (Å²) in [7, 11) is 14.4. The minimum Gasteiger partial charge on any atom is -0.256 e. The fraction of sp³-hybridized carbons (Fsp3) is 0.425. The molecule has 3 saturated carbocycles. The second-order valence-corrected chi connectivity index (χ2v) is 14.2. The second-order valence-electron chi connectivity index (χ2n) is 14.2. The minimum absolute atomic E-state index is 0.0857. The summed E-state index contributed by atoms with van der Waals surface area (Å²) in [5.74, 6) is 0. The Kier molecular flexibility index (Phi) is 6.73. The van der Waals surface area contributed by atoms with Gasteiger partial charge in [-0.15, -0.1) is 0 Å². The molecule has 43 heavy (non-hydrogen) atoms. The van der Waals surface area contributed by atoms with Crippen molar-refractivity contribution in [3.63, 3.8) is 0 Å². The van der Waals surface area contributed by atoms with Crippen LogP contribution in [0.5, 0.6) is 0 Å². The first-order valence-corrected chi connectivity index (χ1v) is 16.9. The molecular weight excluding hydrogens is 516 g/mol. The summed E-state index contributed by atoms with van der Waals surface area (Å²) in [4.78, 5) is 5.00. The Hall–Kier alpha value is -3.06. The highest BCUT2D eigenvalue weighted by Gasteiger charge is 2.46. The van der Waals surface area contributed by atoms with Gasteiger partial charge in [-0.25, -0.2) is 0 Å². The summed E-state index contributed by atoms with van der Waals surface area (Å²) in [5, 5.41) is -0.505. The third-order valence-electron chi connectivity index (χ3n) is 11.7. The lowest BCUT2D eigenvalue weighted by Crippen LogP contribution is -2.30. The molecule has 212 valence electrons. The second kappa shape index (κ2) is 10.5. The lowest BCUT2D eigenvalue weighted by Gasteiger charge is -2.36. The van der Waals surface area contributed by atoms with Crippen LogP contribution in [0.4, 0.5) is 0 Å². The number of rotatable bonds is 4. The number of nitrogens with zero attached hydrogens (tertiary/aromatic N) is 1. The Morgan fingerprint density at radius 2 is 1.09 bits per heavy atom. The van der Waals surface area contributed by atoms with Crippen molar-refractivity contribution in [2.24, 2.45) is 0 Å². The molecule has 1 spiro atoms. The van der Waals surface area contributed by atoms with Crippen LogP contribution in [0.1, 0.15) is 112 Å². The van der Waals surface area contributed by atoms with Crippen molar-refractivity contribution in [2.45, 2.75) is 106 Å². The van der Waals surface area contributed by atoms with Crippen LogP contribution < -0.4 is 0 Å². The molecule has 4 aromatic rings. The molecular formula is C40H41B2N. The average Bonchev–Trinajstić information content (AvgIpc) is 3.66. The third kappa shape index (κ3) is 4.48. The van der Waals surface area contributed by atoms with Gasteiger partial charge < -0.3 is 0 Å². The zero-order valence-corrected chi connectivity index (χ0v) is 25.5. The highest BCUT2D eigenvalue weighted by Crippen LogP contribution is 2.58. The maximum Gasteiger partial charge on any atom is 0.0811 e. The van der Waals surface area contributed by atoms with E-state index in [2.05, 4.69) is 79.0 Å². The van der Waals surface area contributed by atoms with E-state index in [1.165, 1.54) is 109 Å². The van der Waals surface area contributed by atoms with Gasteiger partial charge >= 0.3 is 0 Å². The fourth-order valence-electron chi connectivity index (χ4n) is 9.27. The van der Waals surface area contributed by atoms with Gasteiger partial charge in [-0.1, -0.05) is 143 Å². The van der Waals surface area contributed by atoms with E-state index in [1.54, 1.807) is 0 Å². The first-order valence-electron chi connectivity index (χ1n) is 16.9. The molecule has 0 N–H and O–H groups in total. The summed E-state index contributed by atoms with van der Waals surface area (Å²) < 4.78 is 0. The first kappa shape index (κ1) is 27.5. The topological polar surface area (TPSA) is 12.9 Å². The molecule has 1 aromatic heterocycles. The van der Waals surface area contributed by atoms with Gasteiger partial charge in [0, 0.05) is 17.2 Å². The van der Waals surface area contributed by atoms with E-state index < -0.39 is 0 Å². The van der Waals surface area contributed by atoms with Gasteiger partial charge in [-0.05, 0) is 74.5 Å². The molecule has 0 atom stereocenters. The number of pyridine rings is 1. The van der Waals surface area contributed by atoms with Crippen molar-refractivity contribution in [2.75, 3.05) is 0 Å². The smallest absolute Gasteiger partial charge is 0.0811 e. The Labute approximate surface area is 260 Å². The molecule has 4 radical (unpaired) electrons. The summed E-state index contributed by atoms with van der Waals surface area (Å²) in [6, 6.07) is 27.5. The number of hydrogen-bond acceptors (Lipinski definition) is 1. The molecule has 0 saturated heterocycles. The summed E-state index contributed by atoms with van der Waals surface area (Å²) >= 11 is 0. The van der Waals surface area contributed by atoms with Crippen molar-refractivity contribution in [1.82, 2.24) is 4.98 Å². The van der Waals surface area contributed by atoms with E-state index in [-0.39, 0.29) is 16.0 Å². The van der Waals surface area contributed by atoms with Gasteiger partial charge in [0.1, 0.15) is 0 Å². The van der Waals surface area contributed by atoms with Crippen molar-refractivity contribution < 1.29 is 0 Å². The van der Waals surface area contributed by atoms with E-state index >= 15 is 0 Å². The van der Waals surface area contributed by atoms with Crippen molar-refractivity contribution >= 4 is 15.7 Å². The monoisotopic (exact) mass is 557 g/mol. The predicted octanol–water partition coefficient (Wildman–Crippen LogP) is 9.91. The average molecular weight is 557 g/mol. The molecule has 8 rings (SSSR count). The molecule has 4 aliphatic carbocycles. The van der Waals surface area contributed by atoms with Crippen LogP contribution in [0.3, 0.4) is 0 Å². The maximum absolute atomic E-state index is 7.25. The minimum atomic E-state index is -0.326. The standard InChI is InChI=1S/C40H41B2N/c41-39(20-6-2-7-21-39)30-15-17-32-31-16-14-29(24-34(31)38(35(32)25-30)18-10-11-19-38)33-26-37(28-12-4-1-5-13-28)43-27-36(33)40(42)22-8-3-9-23-40/h1,4-5,12-17,24-27H,2-3,6-11,18-23H2. The third-order valence-corrected chi connectivity index (χ3v) is 11.7. The van der Waals surface area contributed by atoms with Crippen LogP contribution >= 0.6 is 0 Å². The Morgan fingerprint density at radius 3 is 1.79 bits per heavy atom. The Balaban J connectivity index is 1.28. The number of hydrogen-bond donors (Lipinski definition) is 0. The van der Waals surface area contributed by atoms with Crippen LogP contribution in [0.2, 0.25) is 0 Å². The van der Waals surface area contributed by atoms with Gasteiger partial charge in [0.15, 0.2) is 0 Å². The van der Waals surface area contributed by atoms with Crippen molar-refractivity contribution in [3.8, 4) is 33.5 Å². The lowest BCUT2D eigenvalue weighted by atomic mass is 9.56. The molecule has 1 heterocycles. The van der Waals surface area contributed by atoms with E-state index in [0.29, 0.717) is 0 Å². The molecule has 0 unspecified atom stereocenters. The molecule has 0 amide bonds. The van der Waals surface area contributed by atoms with Gasteiger partial charge in [-0.3, -0.25) is 4.98 Å². The zero-order valence-electron chi connectivity index (χ0n) is 25.5. The highest BCUT2D eigenvalue weighted by atomic mass is 14.7. The molecule has 3 fully saturated rings.